The van der Waals surface area contributed by atoms with E-state index in [1.165, 1.54) is 33.3 Å². The van der Waals surface area contributed by atoms with Gasteiger partial charge in [-0.2, -0.15) is 5.10 Å². The summed E-state index contributed by atoms with van der Waals surface area (Å²) in [5.41, 5.74) is 9.69. The fraction of sp³-hybridized carbons (Fsp3) is 0.429. The van der Waals surface area contributed by atoms with Gasteiger partial charge >= 0.3 is 0 Å². The molecule has 1 N–H and O–H groups in total. The van der Waals surface area contributed by atoms with E-state index in [1.807, 2.05) is 13.4 Å². The van der Waals surface area contributed by atoms with Crippen LogP contribution in [0, 0.1) is 13.8 Å². The van der Waals surface area contributed by atoms with E-state index in [-0.39, 0.29) is 0 Å². The summed E-state index contributed by atoms with van der Waals surface area (Å²) < 4.78 is 3.88. The van der Waals surface area contributed by atoms with Crippen molar-refractivity contribution in [2.45, 2.75) is 58.9 Å². The Balaban J connectivity index is 1.32. The molecule has 0 atom stereocenters. The molecule has 8 heteroatoms. The lowest BCUT2D eigenvalue weighted by molar-refractivity contribution is 0.200. The number of piperidine rings is 1. The standard InChI is InChI=1S/C28H34N8/c1-17(2)26-23-13-21(20-8-10-35(11-9-20)14-25-29-15-34(5)33-25)6-7-24(23)31-27(26)22-12-18(3)28-32-30-16-36(28)19(22)4/h6-7,12-13,15-17,20,31H,8-11,14H2,1-5H3. The van der Waals surface area contributed by atoms with E-state index < -0.39 is 0 Å². The van der Waals surface area contributed by atoms with Crippen molar-refractivity contribution in [1.82, 2.24) is 39.2 Å². The van der Waals surface area contributed by atoms with E-state index in [2.05, 4.69) is 86.5 Å². The average Bonchev–Trinajstić information content (AvgIpc) is 3.60. The zero-order valence-corrected chi connectivity index (χ0v) is 21.8. The van der Waals surface area contributed by atoms with Gasteiger partial charge in [0, 0.05) is 29.2 Å². The number of nitrogens with one attached hydrogen (secondary N) is 1. The highest BCUT2D eigenvalue weighted by Crippen LogP contribution is 2.39. The zero-order valence-electron chi connectivity index (χ0n) is 21.8. The number of likely N-dealkylation sites (tertiary alicyclic amines) is 1. The van der Waals surface area contributed by atoms with Crippen LogP contribution in [0.5, 0.6) is 0 Å². The monoisotopic (exact) mass is 482 g/mol. The average molecular weight is 483 g/mol. The normalized spacial score (nSPS) is 15.6. The van der Waals surface area contributed by atoms with Crippen LogP contribution in [0.4, 0.5) is 0 Å². The number of hydrogen-bond donors (Lipinski definition) is 1. The summed E-state index contributed by atoms with van der Waals surface area (Å²) in [5, 5.41) is 14.2. The first kappa shape index (κ1) is 22.9. The van der Waals surface area contributed by atoms with Crippen LogP contribution < -0.4 is 0 Å². The number of rotatable bonds is 5. The lowest BCUT2D eigenvalue weighted by Crippen LogP contribution is -2.32. The van der Waals surface area contributed by atoms with E-state index >= 15 is 0 Å². The predicted octanol–water partition coefficient (Wildman–Crippen LogP) is 5.13. The Hall–Kier alpha value is -3.52. The first-order valence-corrected chi connectivity index (χ1v) is 12.9. The number of hydrogen-bond acceptors (Lipinski definition) is 5. The van der Waals surface area contributed by atoms with Gasteiger partial charge in [0.1, 0.15) is 12.7 Å². The molecular formula is C28H34N8. The van der Waals surface area contributed by atoms with E-state index in [0.717, 1.165) is 55.2 Å². The van der Waals surface area contributed by atoms with E-state index in [1.54, 1.807) is 11.0 Å². The van der Waals surface area contributed by atoms with Crippen molar-refractivity contribution in [1.29, 1.82) is 0 Å². The Bertz CT molecular complexity index is 1540. The third-order valence-electron chi connectivity index (χ3n) is 7.79. The molecule has 0 unspecified atom stereocenters. The molecule has 0 radical (unpaired) electrons. The number of aromatic amines is 1. The molecule has 1 aliphatic heterocycles. The van der Waals surface area contributed by atoms with Gasteiger partial charge in [-0.25, -0.2) is 4.98 Å². The summed E-state index contributed by atoms with van der Waals surface area (Å²) in [6, 6.07) is 9.31. The maximum Gasteiger partial charge on any atom is 0.164 e. The van der Waals surface area contributed by atoms with Crippen molar-refractivity contribution in [3.05, 3.63) is 65.1 Å². The molecule has 8 nitrogen and oxygen atoms in total. The van der Waals surface area contributed by atoms with Gasteiger partial charge in [-0.05, 0) is 86.5 Å². The van der Waals surface area contributed by atoms with Gasteiger partial charge in [-0.1, -0.05) is 19.9 Å². The number of benzene rings is 1. The summed E-state index contributed by atoms with van der Waals surface area (Å²) in [6.07, 6.45) is 5.92. The predicted molar refractivity (Wildman–Crippen MR) is 142 cm³/mol. The number of fused-ring (bicyclic) bond motifs is 2. The third-order valence-corrected chi connectivity index (χ3v) is 7.79. The van der Waals surface area contributed by atoms with Gasteiger partial charge in [-0.15, -0.1) is 10.2 Å². The summed E-state index contributed by atoms with van der Waals surface area (Å²) in [7, 11) is 1.92. The highest BCUT2D eigenvalue weighted by molar-refractivity contribution is 5.92. The summed E-state index contributed by atoms with van der Waals surface area (Å²) in [6.45, 7) is 11.8. The Morgan fingerprint density at radius 3 is 2.61 bits per heavy atom. The summed E-state index contributed by atoms with van der Waals surface area (Å²) in [4.78, 5) is 10.6. The van der Waals surface area contributed by atoms with Gasteiger partial charge in [0.25, 0.3) is 0 Å². The van der Waals surface area contributed by atoms with E-state index in [0.29, 0.717) is 11.8 Å². The summed E-state index contributed by atoms with van der Waals surface area (Å²) >= 11 is 0. The van der Waals surface area contributed by atoms with Crippen LogP contribution in [-0.2, 0) is 13.6 Å². The highest BCUT2D eigenvalue weighted by Gasteiger charge is 2.24. The van der Waals surface area contributed by atoms with Crippen molar-refractivity contribution in [3.63, 3.8) is 0 Å². The van der Waals surface area contributed by atoms with Crippen molar-refractivity contribution < 1.29 is 0 Å². The number of aryl methyl sites for hydroxylation is 3. The Morgan fingerprint density at radius 2 is 1.89 bits per heavy atom. The molecule has 1 aromatic carbocycles. The molecule has 4 aromatic heterocycles. The molecule has 5 aromatic rings. The van der Waals surface area contributed by atoms with Gasteiger partial charge in [0.2, 0.25) is 0 Å². The van der Waals surface area contributed by atoms with Crippen LogP contribution in [0.3, 0.4) is 0 Å². The van der Waals surface area contributed by atoms with Gasteiger partial charge < -0.3 is 4.98 Å². The van der Waals surface area contributed by atoms with Crippen molar-refractivity contribution in [2.75, 3.05) is 13.1 Å². The SMILES string of the molecule is Cc1cc(-c2[nH]c3ccc(C4CCN(Cc5ncn(C)n5)CC4)cc3c2C(C)C)c(C)n2cnnc12. The topological polar surface area (TPSA) is 79.9 Å². The van der Waals surface area contributed by atoms with Gasteiger partial charge in [-0.3, -0.25) is 14.0 Å². The maximum absolute atomic E-state index is 4.45. The zero-order chi connectivity index (χ0) is 25.0. The van der Waals surface area contributed by atoms with Crippen LogP contribution in [0.15, 0.2) is 36.9 Å². The Labute approximate surface area is 211 Å². The van der Waals surface area contributed by atoms with Gasteiger partial charge in [0.15, 0.2) is 11.5 Å². The second kappa shape index (κ2) is 8.85. The van der Waals surface area contributed by atoms with Crippen molar-refractivity contribution in [3.8, 4) is 11.3 Å². The minimum absolute atomic E-state index is 0.396. The van der Waals surface area contributed by atoms with Crippen LogP contribution in [0.1, 0.15) is 66.7 Å². The maximum atomic E-state index is 4.45. The molecule has 36 heavy (non-hydrogen) atoms. The molecule has 0 aliphatic carbocycles. The van der Waals surface area contributed by atoms with Crippen LogP contribution in [-0.4, -0.2) is 52.3 Å². The Morgan fingerprint density at radius 1 is 1.08 bits per heavy atom. The highest BCUT2D eigenvalue weighted by atomic mass is 15.3. The lowest BCUT2D eigenvalue weighted by Gasteiger charge is -2.31. The first-order valence-electron chi connectivity index (χ1n) is 12.9. The first-order chi connectivity index (χ1) is 17.4. The van der Waals surface area contributed by atoms with Crippen LogP contribution in [0.2, 0.25) is 0 Å². The molecule has 1 saturated heterocycles. The molecular weight excluding hydrogens is 448 g/mol. The lowest BCUT2D eigenvalue weighted by atomic mass is 9.87. The molecule has 0 bridgehead atoms. The second-order valence-corrected chi connectivity index (χ2v) is 10.6. The number of nitrogens with zero attached hydrogens (tertiary/aromatic N) is 7. The third kappa shape index (κ3) is 3.89. The molecule has 1 aliphatic rings. The summed E-state index contributed by atoms with van der Waals surface area (Å²) in [5.74, 6) is 1.89. The number of pyridine rings is 1. The fourth-order valence-corrected chi connectivity index (χ4v) is 5.89. The largest absolute Gasteiger partial charge is 0.354 e. The van der Waals surface area contributed by atoms with E-state index in [9.17, 15) is 0 Å². The molecule has 6 rings (SSSR count). The quantitative estimate of drug-likeness (QED) is 0.376. The number of H-pyrrole nitrogens is 1. The van der Waals surface area contributed by atoms with Crippen LogP contribution >= 0.6 is 0 Å². The minimum atomic E-state index is 0.396. The van der Waals surface area contributed by atoms with Crippen LogP contribution in [0.25, 0.3) is 27.8 Å². The molecule has 0 saturated carbocycles. The molecule has 0 amide bonds. The Kier molecular flexibility index (Phi) is 5.63. The molecule has 1 fully saturated rings. The van der Waals surface area contributed by atoms with E-state index in [4.69, 9.17) is 0 Å². The second-order valence-electron chi connectivity index (χ2n) is 10.6. The molecule has 0 spiro atoms. The number of aromatic nitrogens is 7. The molecule has 5 heterocycles. The van der Waals surface area contributed by atoms with Crippen molar-refractivity contribution in [2.24, 2.45) is 7.05 Å². The molecule has 186 valence electrons. The van der Waals surface area contributed by atoms with Crippen molar-refractivity contribution >= 4 is 16.6 Å². The van der Waals surface area contributed by atoms with Gasteiger partial charge in [0.05, 0.1) is 12.2 Å². The smallest absolute Gasteiger partial charge is 0.164 e. The fourth-order valence-electron chi connectivity index (χ4n) is 5.89. The minimum Gasteiger partial charge on any atom is -0.354 e.